The minimum atomic E-state index is -0.399. The molecule has 1 saturated heterocycles. The van der Waals surface area contributed by atoms with Gasteiger partial charge in [-0.3, -0.25) is 0 Å². The molecular formula is C16H25BN2O4. The first-order valence-electron chi connectivity index (χ1n) is 7.74. The molecule has 1 aromatic rings. The summed E-state index contributed by atoms with van der Waals surface area (Å²) < 4.78 is 16.9. The number of carbonyl (C=O) groups is 1. The van der Waals surface area contributed by atoms with E-state index < -0.39 is 7.12 Å². The number of methoxy groups -OCH3 is 1. The summed E-state index contributed by atoms with van der Waals surface area (Å²) in [5.74, 6) is 0. The largest absolute Gasteiger partial charge is 0.494 e. The first kappa shape index (κ1) is 17.8. The molecule has 0 unspecified atom stereocenters. The van der Waals surface area contributed by atoms with Crippen molar-refractivity contribution < 1.29 is 18.8 Å². The van der Waals surface area contributed by atoms with Gasteiger partial charge in [0.2, 0.25) is 0 Å². The Bertz CT molecular complexity index is 530. The molecule has 0 atom stereocenters. The zero-order valence-corrected chi connectivity index (χ0v) is 14.4. The first-order valence-corrected chi connectivity index (χ1v) is 7.74. The molecule has 1 aromatic carbocycles. The highest BCUT2D eigenvalue weighted by Gasteiger charge is 2.51. The van der Waals surface area contributed by atoms with Gasteiger partial charge in [0.1, 0.15) is 0 Å². The Morgan fingerprint density at radius 2 is 1.70 bits per heavy atom. The van der Waals surface area contributed by atoms with Crippen LogP contribution in [-0.2, 0) is 14.0 Å². The lowest BCUT2D eigenvalue weighted by Crippen LogP contribution is -2.41. The molecule has 1 heterocycles. The second kappa shape index (κ2) is 6.90. The maximum atomic E-state index is 11.7. The molecule has 7 heteroatoms. The number of hydrogen-bond acceptors (Lipinski definition) is 4. The third kappa shape index (κ3) is 4.25. The zero-order valence-electron chi connectivity index (χ0n) is 14.4. The molecule has 0 aliphatic carbocycles. The summed E-state index contributed by atoms with van der Waals surface area (Å²) in [6.07, 6.45) is 0. The number of amides is 2. The van der Waals surface area contributed by atoms with E-state index in [9.17, 15) is 4.79 Å². The maximum Gasteiger partial charge on any atom is 0.494 e. The number of anilines is 1. The number of urea groups is 1. The van der Waals surface area contributed by atoms with E-state index in [1.54, 1.807) is 7.11 Å². The average Bonchev–Trinajstić information content (AvgIpc) is 2.68. The van der Waals surface area contributed by atoms with Gasteiger partial charge in [0.05, 0.1) is 17.8 Å². The van der Waals surface area contributed by atoms with E-state index in [1.165, 1.54) is 0 Å². The molecule has 0 saturated carbocycles. The van der Waals surface area contributed by atoms with Gasteiger partial charge in [0, 0.05) is 19.3 Å². The summed E-state index contributed by atoms with van der Waals surface area (Å²) in [5.41, 5.74) is 0.903. The number of hydrogen-bond donors (Lipinski definition) is 2. The van der Waals surface area contributed by atoms with Gasteiger partial charge in [-0.2, -0.15) is 0 Å². The molecule has 23 heavy (non-hydrogen) atoms. The van der Waals surface area contributed by atoms with Crippen LogP contribution in [0.5, 0.6) is 0 Å². The second-order valence-electron chi connectivity index (χ2n) is 6.58. The minimum absolute atomic E-state index is 0.259. The first-order chi connectivity index (χ1) is 10.7. The van der Waals surface area contributed by atoms with Crippen LogP contribution < -0.4 is 16.1 Å². The van der Waals surface area contributed by atoms with Crippen molar-refractivity contribution in [3.05, 3.63) is 24.3 Å². The molecule has 1 aliphatic heterocycles. The van der Waals surface area contributed by atoms with Gasteiger partial charge in [0.25, 0.3) is 0 Å². The van der Waals surface area contributed by atoms with Crippen molar-refractivity contribution in [2.45, 2.75) is 38.9 Å². The molecule has 126 valence electrons. The standard InChI is InChI=1S/C16H25BN2O4/c1-15(2)16(3,4)23-17(22-15)12-6-8-13(9-7-12)19-14(20)18-10-11-21-5/h6-9H,10-11H2,1-5H3,(H2,18,19,20). The Labute approximate surface area is 138 Å². The van der Waals surface area contributed by atoms with Crippen molar-refractivity contribution in [1.82, 2.24) is 5.32 Å². The van der Waals surface area contributed by atoms with Crippen LogP contribution in [0.4, 0.5) is 10.5 Å². The van der Waals surface area contributed by atoms with Crippen LogP contribution in [0, 0.1) is 0 Å². The smallest absolute Gasteiger partial charge is 0.399 e. The Morgan fingerprint density at radius 3 is 2.22 bits per heavy atom. The lowest BCUT2D eigenvalue weighted by molar-refractivity contribution is 0.00578. The predicted molar refractivity (Wildman–Crippen MR) is 91.1 cm³/mol. The van der Waals surface area contributed by atoms with Crippen molar-refractivity contribution in [3.8, 4) is 0 Å². The maximum absolute atomic E-state index is 11.7. The molecule has 0 radical (unpaired) electrons. The van der Waals surface area contributed by atoms with E-state index in [4.69, 9.17) is 14.0 Å². The van der Waals surface area contributed by atoms with Gasteiger partial charge in [-0.25, -0.2) is 4.79 Å². The lowest BCUT2D eigenvalue weighted by Gasteiger charge is -2.32. The molecule has 2 N–H and O–H groups in total. The van der Waals surface area contributed by atoms with E-state index in [0.29, 0.717) is 18.8 Å². The van der Waals surface area contributed by atoms with Crippen molar-refractivity contribution in [2.75, 3.05) is 25.6 Å². The summed E-state index contributed by atoms with van der Waals surface area (Å²) in [4.78, 5) is 11.7. The predicted octanol–water partition coefficient (Wildman–Crippen LogP) is 1.75. The van der Waals surface area contributed by atoms with Crippen LogP contribution in [0.1, 0.15) is 27.7 Å². The van der Waals surface area contributed by atoms with Crippen LogP contribution in [0.3, 0.4) is 0 Å². The highest BCUT2D eigenvalue weighted by atomic mass is 16.7. The van der Waals surface area contributed by atoms with Crippen LogP contribution in [0.15, 0.2) is 24.3 Å². The minimum Gasteiger partial charge on any atom is -0.399 e. The van der Waals surface area contributed by atoms with E-state index in [2.05, 4.69) is 10.6 Å². The van der Waals surface area contributed by atoms with E-state index in [-0.39, 0.29) is 17.2 Å². The molecule has 2 rings (SSSR count). The van der Waals surface area contributed by atoms with Crippen molar-refractivity contribution >= 4 is 24.3 Å². The molecule has 0 spiro atoms. The fraction of sp³-hybridized carbons (Fsp3) is 0.562. The van der Waals surface area contributed by atoms with Crippen LogP contribution in [0.2, 0.25) is 0 Å². The molecule has 2 amide bonds. The Kier molecular flexibility index (Phi) is 5.34. The van der Waals surface area contributed by atoms with Crippen molar-refractivity contribution in [2.24, 2.45) is 0 Å². The van der Waals surface area contributed by atoms with Gasteiger partial charge in [-0.05, 0) is 45.3 Å². The van der Waals surface area contributed by atoms with Gasteiger partial charge in [-0.15, -0.1) is 0 Å². The average molecular weight is 320 g/mol. The van der Waals surface area contributed by atoms with Crippen molar-refractivity contribution in [3.63, 3.8) is 0 Å². The molecule has 0 aromatic heterocycles. The molecular weight excluding hydrogens is 295 g/mol. The number of rotatable bonds is 5. The fourth-order valence-electron chi connectivity index (χ4n) is 2.14. The molecule has 0 bridgehead atoms. The number of benzene rings is 1. The third-order valence-corrected chi connectivity index (χ3v) is 4.29. The van der Waals surface area contributed by atoms with Crippen LogP contribution in [0.25, 0.3) is 0 Å². The summed E-state index contributed by atoms with van der Waals surface area (Å²) in [5, 5.41) is 5.46. The monoisotopic (exact) mass is 320 g/mol. The van der Waals surface area contributed by atoms with Crippen molar-refractivity contribution in [1.29, 1.82) is 0 Å². The van der Waals surface area contributed by atoms with Crippen LogP contribution in [-0.4, -0.2) is 44.6 Å². The third-order valence-electron chi connectivity index (χ3n) is 4.29. The van der Waals surface area contributed by atoms with Gasteiger partial charge >= 0.3 is 13.1 Å². The second-order valence-corrected chi connectivity index (χ2v) is 6.58. The van der Waals surface area contributed by atoms with E-state index >= 15 is 0 Å². The summed E-state index contributed by atoms with van der Waals surface area (Å²) in [7, 11) is 1.19. The summed E-state index contributed by atoms with van der Waals surface area (Å²) >= 11 is 0. The van der Waals surface area contributed by atoms with Gasteiger partial charge in [0.15, 0.2) is 0 Å². The van der Waals surface area contributed by atoms with E-state index in [0.717, 1.165) is 5.46 Å². The SMILES string of the molecule is COCCNC(=O)Nc1ccc(B2OC(C)(C)C(C)(C)O2)cc1. The highest BCUT2D eigenvalue weighted by molar-refractivity contribution is 6.62. The Balaban J connectivity index is 1.94. The topological polar surface area (TPSA) is 68.8 Å². The lowest BCUT2D eigenvalue weighted by atomic mass is 9.79. The zero-order chi connectivity index (χ0) is 17.1. The summed E-state index contributed by atoms with van der Waals surface area (Å²) in [6, 6.07) is 7.19. The van der Waals surface area contributed by atoms with Gasteiger partial charge < -0.3 is 24.7 Å². The quantitative estimate of drug-likeness (QED) is 0.641. The number of nitrogens with one attached hydrogen (secondary N) is 2. The molecule has 6 nitrogen and oxygen atoms in total. The summed E-state index contributed by atoms with van der Waals surface area (Å²) in [6.45, 7) is 9.03. The van der Waals surface area contributed by atoms with Crippen LogP contribution >= 0.6 is 0 Å². The normalized spacial score (nSPS) is 18.7. The molecule has 1 fully saturated rings. The highest BCUT2D eigenvalue weighted by Crippen LogP contribution is 2.36. The number of carbonyl (C=O) groups excluding carboxylic acids is 1. The fourth-order valence-corrected chi connectivity index (χ4v) is 2.14. The number of ether oxygens (including phenoxy) is 1. The van der Waals surface area contributed by atoms with Gasteiger partial charge in [-0.1, -0.05) is 12.1 Å². The Hall–Kier alpha value is -1.57. The Morgan fingerprint density at radius 1 is 1.13 bits per heavy atom. The molecule has 1 aliphatic rings. The van der Waals surface area contributed by atoms with E-state index in [1.807, 2.05) is 52.0 Å².